The molecule has 3 aromatic rings. The van der Waals surface area contributed by atoms with Crippen LogP contribution in [-0.2, 0) is 0 Å². The molecule has 192 valence electrons. The molecule has 0 amide bonds. The normalized spacial score (nSPS) is 13.5. The summed E-state index contributed by atoms with van der Waals surface area (Å²) in [6, 6.07) is 18.5. The number of allylic oxidation sites excluding steroid dienone is 6. The van der Waals surface area contributed by atoms with Gasteiger partial charge in [0.1, 0.15) is 5.84 Å². The second-order valence-corrected chi connectivity index (χ2v) is 8.73. The first-order valence-electron chi connectivity index (χ1n) is 12.5. The molecule has 2 N–H and O–H groups in total. The molecule has 1 heterocycles. The number of amidine groups is 2. The maximum Gasteiger partial charge on any atom is 0.158 e. The molecule has 0 saturated heterocycles. The van der Waals surface area contributed by atoms with Crippen LogP contribution < -0.4 is 5.73 Å². The summed E-state index contributed by atoms with van der Waals surface area (Å²) in [6.45, 7) is 10.3. The van der Waals surface area contributed by atoms with E-state index in [1.165, 1.54) is 0 Å². The molecule has 1 aromatic heterocycles. The van der Waals surface area contributed by atoms with Crippen molar-refractivity contribution in [3.63, 3.8) is 0 Å². The highest BCUT2D eigenvalue weighted by atomic mass is 15.0. The zero-order valence-corrected chi connectivity index (χ0v) is 22.6. The highest BCUT2D eigenvalue weighted by molar-refractivity contribution is 6.15. The summed E-state index contributed by atoms with van der Waals surface area (Å²) in [5.74, 6) is 0.920. The quantitative estimate of drug-likeness (QED) is 0.195. The molecule has 3 rings (SSSR count). The van der Waals surface area contributed by atoms with Gasteiger partial charge in [0.2, 0.25) is 0 Å². The van der Waals surface area contributed by atoms with Gasteiger partial charge in [-0.3, -0.25) is 15.0 Å². The number of aliphatic imine (C=N–C) groups is 3. The zero-order chi connectivity index (χ0) is 27.3. The number of pyridine rings is 1. The Bertz CT molecular complexity index is 1440. The van der Waals surface area contributed by atoms with Gasteiger partial charge in [-0.1, -0.05) is 91.1 Å². The van der Waals surface area contributed by atoms with Crippen LogP contribution in [0.2, 0.25) is 0 Å². The Morgan fingerprint density at radius 1 is 1.03 bits per heavy atom. The highest BCUT2D eigenvalue weighted by Gasteiger charge is 2.15. The fourth-order valence-electron chi connectivity index (χ4n) is 3.92. The van der Waals surface area contributed by atoms with E-state index in [2.05, 4.69) is 53.8 Å². The summed E-state index contributed by atoms with van der Waals surface area (Å²) in [4.78, 5) is 18.4. The van der Waals surface area contributed by atoms with Crippen molar-refractivity contribution >= 4 is 23.5 Å². The van der Waals surface area contributed by atoms with Gasteiger partial charge < -0.3 is 5.73 Å². The molecule has 0 aliphatic heterocycles. The predicted molar refractivity (Wildman–Crippen MR) is 164 cm³/mol. The molecule has 0 atom stereocenters. The standard InChI is InChI=1S/C33H35N5/c1-6-8-10-14-24(3)20-37-33(31-25(4)15-13-18-30(31)27-16-11-9-12-17-27)38-32(34)29-19-28(22-36-23-29)26(7-2)21-35-5/h6-19,21-23H,1,20H2,2-5H3,(H2,34,37,38)/b10-8-,24-14+,26-7+,35-21?. The molecule has 38 heavy (non-hydrogen) atoms. The summed E-state index contributed by atoms with van der Waals surface area (Å²) < 4.78 is 0. The van der Waals surface area contributed by atoms with Crippen LogP contribution in [0.1, 0.15) is 36.1 Å². The lowest BCUT2D eigenvalue weighted by molar-refractivity contribution is 1.12. The van der Waals surface area contributed by atoms with Crippen molar-refractivity contribution in [3.05, 3.63) is 132 Å². The Hall–Kier alpha value is -4.64. The minimum absolute atomic E-state index is 0.345. The number of hydrogen-bond acceptors (Lipinski definition) is 3. The number of benzene rings is 2. The largest absolute Gasteiger partial charge is 0.383 e. The van der Waals surface area contributed by atoms with Crippen LogP contribution in [0.5, 0.6) is 0 Å². The molecule has 0 saturated carbocycles. The van der Waals surface area contributed by atoms with Crippen molar-refractivity contribution in [1.29, 1.82) is 0 Å². The predicted octanol–water partition coefficient (Wildman–Crippen LogP) is 7.00. The maximum absolute atomic E-state index is 6.60. The third kappa shape index (κ3) is 7.43. The van der Waals surface area contributed by atoms with Crippen LogP contribution in [0.15, 0.2) is 125 Å². The maximum atomic E-state index is 6.60. The van der Waals surface area contributed by atoms with Crippen LogP contribution in [0, 0.1) is 6.92 Å². The SMILES string of the molecule is C=C/C=C\C=C(/C)CN=C(N=C(N)c1cncc(/C(C=NC)=C/C)c1)c1c(C)cccc1-c1ccccc1. The van der Waals surface area contributed by atoms with Crippen molar-refractivity contribution < 1.29 is 0 Å². The molecule has 0 aliphatic rings. The second kappa shape index (κ2) is 14.2. The molecular formula is C33H35N5. The number of hydrogen-bond donors (Lipinski definition) is 1. The summed E-state index contributed by atoms with van der Waals surface area (Å²) in [5.41, 5.74) is 14.4. The molecule has 2 aromatic carbocycles. The van der Waals surface area contributed by atoms with E-state index >= 15 is 0 Å². The van der Waals surface area contributed by atoms with E-state index in [1.54, 1.807) is 31.7 Å². The zero-order valence-electron chi connectivity index (χ0n) is 22.6. The molecule has 5 nitrogen and oxygen atoms in total. The summed E-state index contributed by atoms with van der Waals surface area (Å²) >= 11 is 0. The highest BCUT2D eigenvalue weighted by Crippen LogP contribution is 2.27. The van der Waals surface area contributed by atoms with E-state index in [1.807, 2.05) is 62.4 Å². The monoisotopic (exact) mass is 501 g/mol. The van der Waals surface area contributed by atoms with E-state index in [-0.39, 0.29) is 0 Å². The Morgan fingerprint density at radius 3 is 2.50 bits per heavy atom. The molecule has 0 aliphatic carbocycles. The third-order valence-corrected chi connectivity index (χ3v) is 5.86. The van der Waals surface area contributed by atoms with E-state index < -0.39 is 0 Å². The lowest BCUT2D eigenvalue weighted by Gasteiger charge is -2.14. The van der Waals surface area contributed by atoms with Gasteiger partial charge in [-0.2, -0.15) is 0 Å². The topological polar surface area (TPSA) is 76.0 Å². The van der Waals surface area contributed by atoms with Crippen molar-refractivity contribution in [2.45, 2.75) is 20.8 Å². The van der Waals surface area contributed by atoms with Gasteiger partial charge in [0.05, 0.1) is 6.54 Å². The van der Waals surface area contributed by atoms with Crippen LogP contribution >= 0.6 is 0 Å². The Kier molecular flexibility index (Phi) is 10.4. The summed E-state index contributed by atoms with van der Waals surface area (Å²) in [7, 11) is 1.75. The number of nitrogens with two attached hydrogens (primary N) is 1. The van der Waals surface area contributed by atoms with Gasteiger partial charge >= 0.3 is 0 Å². The number of aromatic nitrogens is 1. The molecule has 0 bridgehead atoms. The molecule has 0 radical (unpaired) electrons. The third-order valence-electron chi connectivity index (χ3n) is 5.86. The van der Waals surface area contributed by atoms with Gasteiger partial charge in [-0.15, -0.1) is 0 Å². The van der Waals surface area contributed by atoms with E-state index in [4.69, 9.17) is 15.7 Å². The Balaban J connectivity index is 2.16. The first kappa shape index (κ1) is 27.9. The Morgan fingerprint density at radius 2 is 1.79 bits per heavy atom. The fraction of sp³-hybridized carbons (Fsp3) is 0.152. The minimum Gasteiger partial charge on any atom is -0.383 e. The van der Waals surface area contributed by atoms with E-state index in [9.17, 15) is 0 Å². The van der Waals surface area contributed by atoms with E-state index in [0.29, 0.717) is 18.2 Å². The first-order valence-corrected chi connectivity index (χ1v) is 12.5. The van der Waals surface area contributed by atoms with Crippen LogP contribution in [-0.4, -0.2) is 36.5 Å². The first-order chi connectivity index (χ1) is 18.5. The molecular weight excluding hydrogens is 466 g/mol. The average molecular weight is 502 g/mol. The lowest BCUT2D eigenvalue weighted by Crippen LogP contribution is -2.18. The van der Waals surface area contributed by atoms with Crippen molar-refractivity contribution in [3.8, 4) is 11.1 Å². The molecule has 5 heteroatoms. The van der Waals surface area contributed by atoms with E-state index in [0.717, 1.165) is 44.5 Å². The number of nitrogens with zero attached hydrogens (tertiary/aromatic N) is 4. The fourth-order valence-corrected chi connectivity index (χ4v) is 3.92. The number of aryl methyl sites for hydroxylation is 1. The minimum atomic E-state index is 0.345. The Labute approximate surface area is 226 Å². The van der Waals surface area contributed by atoms with Crippen molar-refractivity contribution in [2.24, 2.45) is 20.7 Å². The lowest BCUT2D eigenvalue weighted by atomic mass is 9.95. The number of rotatable bonds is 9. The second-order valence-electron chi connectivity index (χ2n) is 8.73. The molecule has 0 spiro atoms. The van der Waals surface area contributed by atoms with Crippen molar-refractivity contribution in [1.82, 2.24) is 4.98 Å². The van der Waals surface area contributed by atoms with Crippen molar-refractivity contribution in [2.75, 3.05) is 13.6 Å². The van der Waals surface area contributed by atoms with Gasteiger partial charge in [0, 0.05) is 42.3 Å². The summed E-state index contributed by atoms with van der Waals surface area (Å²) in [5, 5.41) is 0. The van der Waals surface area contributed by atoms with Crippen LogP contribution in [0.4, 0.5) is 0 Å². The van der Waals surface area contributed by atoms with Crippen LogP contribution in [0.25, 0.3) is 16.7 Å². The summed E-state index contributed by atoms with van der Waals surface area (Å²) in [6.07, 6.45) is 14.9. The molecule has 0 unspecified atom stereocenters. The average Bonchev–Trinajstić information content (AvgIpc) is 2.94. The molecule has 0 fully saturated rings. The van der Waals surface area contributed by atoms with Gasteiger partial charge in [-0.25, -0.2) is 4.99 Å². The van der Waals surface area contributed by atoms with Gasteiger partial charge in [0.15, 0.2) is 5.84 Å². The van der Waals surface area contributed by atoms with Gasteiger partial charge in [0.25, 0.3) is 0 Å². The van der Waals surface area contributed by atoms with Gasteiger partial charge in [-0.05, 0) is 49.1 Å². The smallest absolute Gasteiger partial charge is 0.158 e. The van der Waals surface area contributed by atoms with Crippen LogP contribution in [0.3, 0.4) is 0 Å².